The standard InChI is InChI=1S/C28H23N3O/c1-19-10-9-11-21(16-19)28-27-24(17-20(2)29-28)31(23-14-7-4-8-15-23)26(18-25(27)32)30-22-12-5-3-6-13-22/h3-18,30H,1-2H3. The zero-order chi connectivity index (χ0) is 22.1. The molecule has 0 spiro atoms. The number of fused-ring (bicyclic) bond motifs is 1. The van der Waals surface area contributed by atoms with Crippen molar-refractivity contribution in [2.45, 2.75) is 13.8 Å². The van der Waals surface area contributed by atoms with E-state index >= 15 is 0 Å². The van der Waals surface area contributed by atoms with Gasteiger partial charge in [0, 0.05) is 28.7 Å². The van der Waals surface area contributed by atoms with Gasteiger partial charge < -0.3 is 5.32 Å². The predicted molar refractivity (Wildman–Crippen MR) is 132 cm³/mol. The minimum Gasteiger partial charge on any atom is -0.341 e. The van der Waals surface area contributed by atoms with Crippen molar-refractivity contribution in [1.82, 2.24) is 9.55 Å². The fraction of sp³-hybridized carbons (Fsp3) is 0.0714. The monoisotopic (exact) mass is 417 g/mol. The number of benzene rings is 3. The van der Waals surface area contributed by atoms with Gasteiger partial charge in [-0.25, -0.2) is 0 Å². The highest BCUT2D eigenvalue weighted by molar-refractivity contribution is 5.95. The molecule has 0 saturated carbocycles. The lowest BCUT2D eigenvalue weighted by Crippen LogP contribution is -2.14. The van der Waals surface area contributed by atoms with Gasteiger partial charge in [0.05, 0.1) is 16.6 Å². The van der Waals surface area contributed by atoms with Crippen LogP contribution in [0, 0.1) is 13.8 Å². The van der Waals surface area contributed by atoms with E-state index in [1.165, 1.54) is 0 Å². The van der Waals surface area contributed by atoms with Crippen LogP contribution in [0.5, 0.6) is 0 Å². The summed E-state index contributed by atoms with van der Waals surface area (Å²) in [6.45, 7) is 4.02. The van der Waals surface area contributed by atoms with Crippen molar-refractivity contribution in [3.8, 4) is 16.9 Å². The largest absolute Gasteiger partial charge is 0.341 e. The molecule has 2 heterocycles. The first kappa shape index (κ1) is 19.8. The Morgan fingerprint density at radius 2 is 1.50 bits per heavy atom. The second-order valence-electron chi connectivity index (χ2n) is 7.93. The van der Waals surface area contributed by atoms with E-state index in [-0.39, 0.29) is 5.43 Å². The zero-order valence-electron chi connectivity index (χ0n) is 18.0. The number of hydrogen-bond donors (Lipinski definition) is 1. The number of anilines is 2. The molecule has 1 N–H and O–H groups in total. The molecule has 0 fully saturated rings. The third kappa shape index (κ3) is 3.67. The minimum atomic E-state index is -0.0605. The summed E-state index contributed by atoms with van der Waals surface area (Å²) in [6, 6.07) is 31.7. The summed E-state index contributed by atoms with van der Waals surface area (Å²) < 4.78 is 2.09. The molecular formula is C28H23N3O. The number of nitrogens with zero attached hydrogens (tertiary/aromatic N) is 2. The van der Waals surface area contributed by atoms with Gasteiger partial charge in [0.15, 0.2) is 5.43 Å². The van der Waals surface area contributed by atoms with Crippen LogP contribution in [0.25, 0.3) is 27.8 Å². The van der Waals surface area contributed by atoms with E-state index in [1.807, 2.05) is 98.8 Å². The third-order valence-corrected chi connectivity index (χ3v) is 5.47. The SMILES string of the molecule is Cc1cccc(-c2nc(C)cc3c2c(=O)cc(Nc2ccccc2)n3-c2ccccc2)c1. The van der Waals surface area contributed by atoms with Crippen molar-refractivity contribution in [2.75, 3.05) is 5.32 Å². The Morgan fingerprint density at radius 3 is 2.22 bits per heavy atom. The summed E-state index contributed by atoms with van der Waals surface area (Å²) in [6.07, 6.45) is 0. The summed E-state index contributed by atoms with van der Waals surface area (Å²) >= 11 is 0. The number of para-hydroxylation sites is 2. The highest BCUT2D eigenvalue weighted by atomic mass is 16.1. The maximum atomic E-state index is 13.5. The summed E-state index contributed by atoms with van der Waals surface area (Å²) in [4.78, 5) is 18.3. The average molecular weight is 418 g/mol. The first-order chi connectivity index (χ1) is 15.6. The lowest BCUT2D eigenvalue weighted by Gasteiger charge is -2.20. The van der Waals surface area contributed by atoms with Crippen molar-refractivity contribution < 1.29 is 0 Å². The van der Waals surface area contributed by atoms with Gasteiger partial charge in [-0.1, -0.05) is 60.2 Å². The van der Waals surface area contributed by atoms with Gasteiger partial charge in [0.2, 0.25) is 0 Å². The second-order valence-corrected chi connectivity index (χ2v) is 7.93. The van der Waals surface area contributed by atoms with Crippen LogP contribution in [0.2, 0.25) is 0 Å². The first-order valence-electron chi connectivity index (χ1n) is 10.6. The second kappa shape index (κ2) is 8.16. The molecule has 32 heavy (non-hydrogen) atoms. The first-order valence-corrected chi connectivity index (χ1v) is 10.6. The molecule has 156 valence electrons. The van der Waals surface area contributed by atoms with E-state index < -0.39 is 0 Å². The Balaban J connectivity index is 1.86. The Morgan fingerprint density at radius 1 is 0.781 bits per heavy atom. The summed E-state index contributed by atoms with van der Waals surface area (Å²) in [7, 11) is 0. The van der Waals surface area contributed by atoms with Gasteiger partial charge in [0.1, 0.15) is 5.82 Å². The molecule has 0 unspecified atom stereocenters. The van der Waals surface area contributed by atoms with Crippen molar-refractivity contribution >= 4 is 22.4 Å². The zero-order valence-corrected chi connectivity index (χ0v) is 18.0. The molecule has 0 radical (unpaired) electrons. The van der Waals surface area contributed by atoms with E-state index in [1.54, 1.807) is 6.07 Å². The minimum absolute atomic E-state index is 0.0605. The lowest BCUT2D eigenvalue weighted by molar-refractivity contribution is 1.09. The molecule has 0 bridgehead atoms. The normalized spacial score (nSPS) is 10.9. The van der Waals surface area contributed by atoms with E-state index in [0.29, 0.717) is 16.9 Å². The van der Waals surface area contributed by atoms with Crippen LogP contribution >= 0.6 is 0 Å². The molecule has 0 aliphatic heterocycles. The lowest BCUT2D eigenvalue weighted by atomic mass is 10.0. The number of pyridine rings is 2. The molecule has 3 aromatic carbocycles. The van der Waals surface area contributed by atoms with E-state index in [2.05, 4.69) is 16.0 Å². The predicted octanol–water partition coefficient (Wildman–Crippen LogP) is 6.41. The highest BCUT2D eigenvalue weighted by Crippen LogP contribution is 2.31. The Bertz CT molecular complexity index is 1470. The quantitative estimate of drug-likeness (QED) is 0.367. The number of nitrogens with one attached hydrogen (secondary N) is 1. The van der Waals surface area contributed by atoms with Crippen LogP contribution in [0.1, 0.15) is 11.3 Å². The summed E-state index contributed by atoms with van der Waals surface area (Å²) in [5.74, 6) is 0.709. The van der Waals surface area contributed by atoms with Crippen molar-refractivity contribution in [3.63, 3.8) is 0 Å². The maximum Gasteiger partial charge on any atom is 0.193 e. The number of aromatic nitrogens is 2. The van der Waals surface area contributed by atoms with Crippen LogP contribution in [0.15, 0.2) is 102 Å². The van der Waals surface area contributed by atoms with Crippen LogP contribution in [0.3, 0.4) is 0 Å². The Labute approximate surface area is 186 Å². The molecule has 5 aromatic rings. The van der Waals surface area contributed by atoms with Crippen LogP contribution in [0.4, 0.5) is 11.5 Å². The Kier molecular flexibility index (Phi) is 5.04. The number of aryl methyl sites for hydroxylation is 2. The fourth-order valence-electron chi connectivity index (χ4n) is 4.08. The highest BCUT2D eigenvalue weighted by Gasteiger charge is 2.17. The van der Waals surface area contributed by atoms with Gasteiger partial charge >= 0.3 is 0 Å². The van der Waals surface area contributed by atoms with Crippen LogP contribution in [-0.2, 0) is 0 Å². The molecule has 0 atom stereocenters. The van der Waals surface area contributed by atoms with Crippen molar-refractivity contribution in [2.24, 2.45) is 0 Å². The molecule has 0 saturated heterocycles. The molecule has 0 amide bonds. The van der Waals surface area contributed by atoms with Gasteiger partial charge in [0.25, 0.3) is 0 Å². The molecule has 0 aliphatic carbocycles. The topological polar surface area (TPSA) is 46.9 Å². The van der Waals surface area contributed by atoms with Crippen molar-refractivity contribution in [3.05, 3.63) is 119 Å². The average Bonchev–Trinajstić information content (AvgIpc) is 2.80. The summed E-state index contributed by atoms with van der Waals surface area (Å²) in [5.41, 5.74) is 6.29. The molecular weight excluding hydrogens is 394 g/mol. The summed E-state index contributed by atoms with van der Waals surface area (Å²) in [5, 5.41) is 4.05. The number of rotatable bonds is 4. The molecule has 5 rings (SSSR count). The smallest absolute Gasteiger partial charge is 0.193 e. The molecule has 2 aromatic heterocycles. The van der Waals surface area contributed by atoms with E-state index in [4.69, 9.17) is 4.98 Å². The number of hydrogen-bond acceptors (Lipinski definition) is 3. The molecule has 4 nitrogen and oxygen atoms in total. The molecule has 0 aliphatic rings. The van der Waals surface area contributed by atoms with Gasteiger partial charge in [-0.3, -0.25) is 14.3 Å². The van der Waals surface area contributed by atoms with Gasteiger partial charge in [-0.05, 0) is 50.2 Å². The van der Waals surface area contributed by atoms with E-state index in [9.17, 15) is 4.79 Å². The molecule has 4 heteroatoms. The maximum absolute atomic E-state index is 13.5. The fourth-order valence-corrected chi connectivity index (χ4v) is 4.08. The van der Waals surface area contributed by atoms with Crippen LogP contribution in [-0.4, -0.2) is 9.55 Å². The van der Waals surface area contributed by atoms with Crippen LogP contribution < -0.4 is 10.7 Å². The third-order valence-electron chi connectivity index (χ3n) is 5.47. The Hall–Kier alpha value is -4.18. The van der Waals surface area contributed by atoms with Gasteiger partial charge in [-0.2, -0.15) is 0 Å². The van der Waals surface area contributed by atoms with Crippen molar-refractivity contribution in [1.29, 1.82) is 0 Å². The van der Waals surface area contributed by atoms with E-state index in [0.717, 1.165) is 33.7 Å². The van der Waals surface area contributed by atoms with Gasteiger partial charge in [-0.15, -0.1) is 0 Å².